The smallest absolute Gasteiger partial charge is 0.0597 e. The topological polar surface area (TPSA) is 47.3 Å². The molecule has 0 saturated carbocycles. The summed E-state index contributed by atoms with van der Waals surface area (Å²) in [5, 5.41) is 0. The zero-order valence-electron chi connectivity index (χ0n) is 8.37. The normalized spacial score (nSPS) is 44.8. The van der Waals surface area contributed by atoms with Gasteiger partial charge in [0.1, 0.15) is 0 Å². The molecule has 3 nitrogen and oxygen atoms in total. The van der Waals surface area contributed by atoms with Crippen molar-refractivity contribution in [2.24, 2.45) is 17.7 Å². The van der Waals surface area contributed by atoms with E-state index in [-0.39, 0.29) is 0 Å². The molecule has 5 unspecified atom stereocenters. The quantitative estimate of drug-likeness (QED) is 0.480. The highest BCUT2D eigenvalue weighted by atomic mass is 16.5. The Morgan fingerprint density at radius 1 is 1.25 bits per heavy atom. The van der Waals surface area contributed by atoms with Gasteiger partial charge in [0.15, 0.2) is 0 Å². The first kappa shape index (κ1) is 9.96. The molecule has 1 saturated heterocycles. The van der Waals surface area contributed by atoms with Crippen LogP contribution in [0.3, 0.4) is 0 Å². The fraction of sp³-hybridized carbons (Fsp3) is 1.00. The number of hydrazine groups is 1. The van der Waals surface area contributed by atoms with Gasteiger partial charge in [-0.15, -0.1) is 0 Å². The largest absolute Gasteiger partial charge is 0.375 e. The van der Waals surface area contributed by atoms with Crippen molar-refractivity contribution in [2.45, 2.75) is 45.9 Å². The summed E-state index contributed by atoms with van der Waals surface area (Å²) in [5.41, 5.74) is 2.81. The molecular formula is C9H20N2O. The molecule has 1 aliphatic heterocycles. The second kappa shape index (κ2) is 3.73. The van der Waals surface area contributed by atoms with Crippen LogP contribution >= 0.6 is 0 Å². The first-order valence-electron chi connectivity index (χ1n) is 4.69. The Bertz CT molecular complexity index is 147. The highest BCUT2D eigenvalue weighted by molar-refractivity contribution is 4.88. The molecule has 1 rings (SSSR count). The van der Waals surface area contributed by atoms with Gasteiger partial charge in [-0.05, 0) is 26.7 Å². The van der Waals surface area contributed by atoms with E-state index in [1.807, 2.05) is 0 Å². The van der Waals surface area contributed by atoms with Crippen molar-refractivity contribution in [2.75, 3.05) is 0 Å². The summed E-state index contributed by atoms with van der Waals surface area (Å²) in [6, 6.07) is 0.333. The van der Waals surface area contributed by atoms with Crippen molar-refractivity contribution >= 4 is 0 Å². The predicted octanol–water partition coefficient (Wildman–Crippen LogP) is 0.898. The van der Waals surface area contributed by atoms with Crippen LogP contribution in [0.4, 0.5) is 0 Å². The van der Waals surface area contributed by atoms with Crippen LogP contribution < -0.4 is 11.3 Å². The molecule has 12 heavy (non-hydrogen) atoms. The van der Waals surface area contributed by atoms with Crippen molar-refractivity contribution in [1.29, 1.82) is 0 Å². The maximum absolute atomic E-state index is 5.71. The molecule has 0 aliphatic carbocycles. The van der Waals surface area contributed by atoms with Gasteiger partial charge in [0.05, 0.1) is 12.2 Å². The molecule has 0 radical (unpaired) electrons. The molecule has 0 spiro atoms. The van der Waals surface area contributed by atoms with E-state index in [9.17, 15) is 0 Å². The van der Waals surface area contributed by atoms with Crippen LogP contribution in [0.15, 0.2) is 0 Å². The summed E-state index contributed by atoms with van der Waals surface area (Å²) < 4.78 is 5.71. The number of hydrogen-bond donors (Lipinski definition) is 2. The molecule has 0 bridgehead atoms. The Kier molecular flexibility index (Phi) is 3.09. The minimum absolute atomic E-state index is 0.320. The standard InChI is InChI=1S/C9H20N2O/c1-5-7(3)12-8(4)9(5)6(2)11-10/h5-9,11H,10H2,1-4H3. The van der Waals surface area contributed by atoms with Gasteiger partial charge < -0.3 is 4.74 Å². The maximum atomic E-state index is 5.71. The van der Waals surface area contributed by atoms with Gasteiger partial charge >= 0.3 is 0 Å². The molecule has 0 amide bonds. The van der Waals surface area contributed by atoms with E-state index in [2.05, 4.69) is 33.1 Å². The number of hydrogen-bond acceptors (Lipinski definition) is 3. The molecule has 1 fully saturated rings. The molecule has 0 aromatic heterocycles. The zero-order chi connectivity index (χ0) is 9.30. The van der Waals surface area contributed by atoms with Crippen molar-refractivity contribution in [3.05, 3.63) is 0 Å². The van der Waals surface area contributed by atoms with E-state index in [4.69, 9.17) is 10.6 Å². The van der Waals surface area contributed by atoms with E-state index >= 15 is 0 Å². The highest BCUT2D eigenvalue weighted by Crippen LogP contribution is 2.33. The molecular weight excluding hydrogens is 152 g/mol. The lowest BCUT2D eigenvalue weighted by atomic mass is 9.84. The highest BCUT2D eigenvalue weighted by Gasteiger charge is 2.39. The summed E-state index contributed by atoms with van der Waals surface area (Å²) in [5.74, 6) is 6.54. The first-order chi connectivity index (χ1) is 5.57. The van der Waals surface area contributed by atoms with Gasteiger partial charge in [0, 0.05) is 12.0 Å². The van der Waals surface area contributed by atoms with E-state index in [0.29, 0.717) is 30.1 Å². The predicted molar refractivity (Wildman–Crippen MR) is 49.4 cm³/mol. The van der Waals surface area contributed by atoms with Gasteiger partial charge in [0.2, 0.25) is 0 Å². The fourth-order valence-corrected chi connectivity index (χ4v) is 2.27. The van der Waals surface area contributed by atoms with Crippen LogP contribution in [0.25, 0.3) is 0 Å². The average Bonchev–Trinajstić information content (AvgIpc) is 2.26. The number of nitrogens with one attached hydrogen (secondary N) is 1. The third-order valence-electron chi connectivity index (χ3n) is 3.16. The van der Waals surface area contributed by atoms with Crippen LogP contribution in [0, 0.1) is 11.8 Å². The van der Waals surface area contributed by atoms with Gasteiger partial charge in [-0.25, -0.2) is 0 Å². The Labute approximate surface area is 74.6 Å². The second-order valence-electron chi connectivity index (χ2n) is 3.94. The Balaban J connectivity index is 2.62. The van der Waals surface area contributed by atoms with Crippen molar-refractivity contribution in [3.8, 4) is 0 Å². The van der Waals surface area contributed by atoms with Gasteiger partial charge in [0.25, 0.3) is 0 Å². The van der Waals surface area contributed by atoms with Crippen LogP contribution in [0.1, 0.15) is 27.7 Å². The summed E-state index contributed by atoms with van der Waals surface area (Å²) in [6.45, 7) is 8.59. The fourth-order valence-electron chi connectivity index (χ4n) is 2.27. The third-order valence-corrected chi connectivity index (χ3v) is 3.16. The molecule has 3 heteroatoms. The van der Waals surface area contributed by atoms with Crippen LogP contribution in [-0.2, 0) is 4.74 Å². The molecule has 1 aliphatic rings. The van der Waals surface area contributed by atoms with Crippen LogP contribution in [0.2, 0.25) is 0 Å². The minimum atomic E-state index is 0.320. The Morgan fingerprint density at radius 3 is 2.17 bits per heavy atom. The summed E-state index contributed by atoms with van der Waals surface area (Å²) in [6.07, 6.45) is 0.682. The molecule has 0 aromatic carbocycles. The van der Waals surface area contributed by atoms with E-state index in [1.165, 1.54) is 0 Å². The lowest BCUT2D eigenvalue weighted by Gasteiger charge is -2.24. The zero-order valence-corrected chi connectivity index (χ0v) is 8.37. The van der Waals surface area contributed by atoms with E-state index in [0.717, 1.165) is 0 Å². The first-order valence-corrected chi connectivity index (χ1v) is 4.69. The summed E-state index contributed by atoms with van der Waals surface area (Å²) in [7, 11) is 0. The summed E-state index contributed by atoms with van der Waals surface area (Å²) >= 11 is 0. The summed E-state index contributed by atoms with van der Waals surface area (Å²) in [4.78, 5) is 0. The Morgan fingerprint density at radius 2 is 1.83 bits per heavy atom. The van der Waals surface area contributed by atoms with Crippen molar-refractivity contribution in [3.63, 3.8) is 0 Å². The lowest BCUT2D eigenvalue weighted by molar-refractivity contribution is 0.0483. The van der Waals surface area contributed by atoms with E-state index in [1.54, 1.807) is 0 Å². The van der Waals surface area contributed by atoms with Crippen LogP contribution in [-0.4, -0.2) is 18.2 Å². The number of ether oxygens (including phenoxy) is 1. The number of rotatable bonds is 2. The maximum Gasteiger partial charge on any atom is 0.0597 e. The SMILES string of the molecule is CC(NN)C1C(C)OC(C)C1C. The average molecular weight is 172 g/mol. The molecule has 72 valence electrons. The van der Waals surface area contributed by atoms with Crippen molar-refractivity contribution < 1.29 is 4.74 Å². The van der Waals surface area contributed by atoms with E-state index < -0.39 is 0 Å². The molecule has 0 aromatic rings. The molecule has 1 heterocycles. The lowest BCUT2D eigenvalue weighted by Crippen LogP contribution is -2.43. The van der Waals surface area contributed by atoms with Gasteiger partial charge in [-0.2, -0.15) is 0 Å². The van der Waals surface area contributed by atoms with Gasteiger partial charge in [-0.3, -0.25) is 11.3 Å². The minimum Gasteiger partial charge on any atom is -0.375 e. The molecule has 3 N–H and O–H groups in total. The van der Waals surface area contributed by atoms with Crippen LogP contribution in [0.5, 0.6) is 0 Å². The van der Waals surface area contributed by atoms with Gasteiger partial charge in [-0.1, -0.05) is 6.92 Å². The van der Waals surface area contributed by atoms with Crippen molar-refractivity contribution in [1.82, 2.24) is 5.43 Å². The Hall–Kier alpha value is -0.120. The molecule has 5 atom stereocenters. The third kappa shape index (κ3) is 1.63. The number of nitrogens with two attached hydrogens (primary N) is 1. The second-order valence-corrected chi connectivity index (χ2v) is 3.94. The monoisotopic (exact) mass is 172 g/mol.